The first-order chi connectivity index (χ1) is 14.2. The zero-order valence-corrected chi connectivity index (χ0v) is 17.5. The number of ether oxygens (including phenoxy) is 1. The van der Waals surface area contributed by atoms with Crippen LogP contribution in [0.1, 0.15) is 62.1 Å². The van der Waals surface area contributed by atoms with Gasteiger partial charge in [0.1, 0.15) is 11.7 Å². The summed E-state index contributed by atoms with van der Waals surface area (Å²) in [6.45, 7) is 6.07. The van der Waals surface area contributed by atoms with Crippen LogP contribution in [0.15, 0.2) is 28.8 Å². The summed E-state index contributed by atoms with van der Waals surface area (Å²) in [6, 6.07) is 7.39. The van der Waals surface area contributed by atoms with E-state index in [0.717, 1.165) is 32.1 Å². The smallest absolute Gasteiger partial charge is 0.132 e. The Morgan fingerprint density at radius 1 is 1.28 bits per heavy atom. The first-order valence-corrected chi connectivity index (χ1v) is 10.9. The quantitative estimate of drug-likeness (QED) is 0.452. The van der Waals surface area contributed by atoms with Crippen LogP contribution in [-0.2, 0) is 4.74 Å². The molecule has 1 saturated carbocycles. The van der Waals surface area contributed by atoms with E-state index in [1.54, 1.807) is 7.05 Å². The van der Waals surface area contributed by atoms with Gasteiger partial charge in [-0.3, -0.25) is 9.89 Å². The molecule has 0 atom stereocenters. The van der Waals surface area contributed by atoms with E-state index >= 15 is 0 Å². The molecule has 1 N–H and O–H groups in total. The number of hydrogen-bond donors (Lipinski definition) is 1. The number of nitriles is 1. The molecule has 154 valence electrons. The molecular formula is C23H31N5O. The second-order valence-corrected chi connectivity index (χ2v) is 8.36. The number of likely N-dealkylation sites (tertiary alicyclic amines) is 1. The maximum Gasteiger partial charge on any atom is 0.132 e. The topological polar surface area (TPSA) is 73.5 Å². The molecule has 1 aliphatic carbocycles. The second-order valence-electron chi connectivity index (χ2n) is 8.36. The van der Waals surface area contributed by atoms with E-state index in [2.05, 4.69) is 33.4 Å². The molecule has 0 aromatic carbocycles. The molecule has 1 aromatic rings. The van der Waals surface area contributed by atoms with Crippen molar-refractivity contribution in [2.75, 3.05) is 38.7 Å². The Hall–Kier alpha value is -2.23. The highest BCUT2D eigenvalue weighted by molar-refractivity contribution is 6.04. The van der Waals surface area contributed by atoms with E-state index in [1.165, 1.54) is 36.9 Å². The highest BCUT2D eigenvalue weighted by atomic mass is 16.5. The van der Waals surface area contributed by atoms with Gasteiger partial charge in [-0.05, 0) is 74.9 Å². The number of hydrogen-bond acceptors (Lipinski definition) is 5. The molecule has 3 aliphatic rings. The van der Waals surface area contributed by atoms with Crippen molar-refractivity contribution in [3.63, 3.8) is 0 Å². The van der Waals surface area contributed by atoms with Crippen LogP contribution in [0.25, 0.3) is 0 Å². The molecule has 2 aliphatic heterocycles. The first-order valence-electron chi connectivity index (χ1n) is 10.9. The number of allylic oxidation sites excluding steroid dienone is 1. The van der Waals surface area contributed by atoms with Gasteiger partial charge in [0, 0.05) is 24.2 Å². The number of anilines is 1. The maximum atomic E-state index is 9.23. The number of aromatic nitrogens is 1. The van der Waals surface area contributed by atoms with Crippen molar-refractivity contribution >= 4 is 11.7 Å². The highest BCUT2D eigenvalue weighted by Gasteiger charge is 2.31. The summed E-state index contributed by atoms with van der Waals surface area (Å²) in [5, 5.41) is 12.6. The van der Waals surface area contributed by atoms with Crippen LogP contribution < -0.4 is 5.32 Å². The lowest BCUT2D eigenvalue weighted by molar-refractivity contribution is -0.0712. The maximum absolute atomic E-state index is 9.23. The molecular weight excluding hydrogens is 362 g/mol. The van der Waals surface area contributed by atoms with Crippen molar-refractivity contribution in [1.29, 1.82) is 5.26 Å². The van der Waals surface area contributed by atoms with Crippen LogP contribution in [0.3, 0.4) is 0 Å². The van der Waals surface area contributed by atoms with Gasteiger partial charge in [-0.1, -0.05) is 6.92 Å². The minimum atomic E-state index is 0.580. The Bertz CT molecular complexity index is 824. The largest absolute Gasteiger partial charge is 0.378 e. The van der Waals surface area contributed by atoms with E-state index < -0.39 is 0 Å². The van der Waals surface area contributed by atoms with E-state index in [4.69, 9.17) is 9.72 Å². The van der Waals surface area contributed by atoms with E-state index in [-0.39, 0.29) is 0 Å². The van der Waals surface area contributed by atoms with Gasteiger partial charge in [-0.2, -0.15) is 5.26 Å². The molecule has 3 fully saturated rings. The Kier molecular flexibility index (Phi) is 6.27. The lowest BCUT2D eigenvalue weighted by atomic mass is 9.88. The van der Waals surface area contributed by atoms with Gasteiger partial charge in [-0.15, -0.1) is 0 Å². The van der Waals surface area contributed by atoms with Crippen LogP contribution in [-0.4, -0.2) is 55.1 Å². The standard InChI is InChI=1S/C23H31N5O/c1-3-16(13-24)10-22(25-2)27-23-12-19(11-21(26-23)18-4-5-18)17-6-8-28(9-7-17)20-14-29-15-20/h10-12,17-18,20H,3-9,14-15H2,1-2H3,(H,25,26,27)/b16-10+. The fourth-order valence-electron chi connectivity index (χ4n) is 4.16. The predicted molar refractivity (Wildman–Crippen MR) is 115 cm³/mol. The molecule has 0 bridgehead atoms. The molecule has 6 heteroatoms. The van der Waals surface area contributed by atoms with Crippen LogP contribution in [0.2, 0.25) is 0 Å². The summed E-state index contributed by atoms with van der Waals surface area (Å²) >= 11 is 0. The molecule has 3 heterocycles. The van der Waals surface area contributed by atoms with E-state index in [0.29, 0.717) is 35.7 Å². The number of pyridine rings is 1. The Morgan fingerprint density at radius 2 is 2.03 bits per heavy atom. The molecule has 29 heavy (non-hydrogen) atoms. The molecule has 0 radical (unpaired) electrons. The number of amidine groups is 1. The average Bonchev–Trinajstić information content (AvgIpc) is 3.55. The minimum absolute atomic E-state index is 0.580. The lowest BCUT2D eigenvalue weighted by Gasteiger charge is -2.41. The monoisotopic (exact) mass is 393 g/mol. The number of nitrogens with zero attached hydrogens (tertiary/aromatic N) is 4. The number of piperidine rings is 1. The summed E-state index contributed by atoms with van der Waals surface area (Å²) in [5.74, 6) is 2.72. The normalized spacial score (nSPS) is 22.2. The third-order valence-electron chi connectivity index (χ3n) is 6.33. The SMILES string of the molecule is CC/C(C#N)=C\C(=NC)Nc1cc(C2CCN(C3COC3)CC2)cc(C2CC2)n1. The molecule has 4 rings (SSSR count). The van der Waals surface area contributed by atoms with Crippen LogP contribution in [0.4, 0.5) is 5.82 Å². The first kappa shape index (κ1) is 20.1. The summed E-state index contributed by atoms with van der Waals surface area (Å²) in [6.07, 6.45) is 7.37. The van der Waals surface area contributed by atoms with Gasteiger partial charge in [0.05, 0.1) is 25.3 Å². The third-order valence-corrected chi connectivity index (χ3v) is 6.33. The van der Waals surface area contributed by atoms with Gasteiger partial charge in [0.15, 0.2) is 0 Å². The van der Waals surface area contributed by atoms with Gasteiger partial charge >= 0.3 is 0 Å². The van der Waals surface area contributed by atoms with E-state index in [9.17, 15) is 5.26 Å². The fourth-order valence-corrected chi connectivity index (χ4v) is 4.16. The molecule has 0 amide bonds. The Labute approximate surface area is 173 Å². The zero-order valence-electron chi connectivity index (χ0n) is 17.5. The summed E-state index contributed by atoms with van der Waals surface area (Å²) in [5.41, 5.74) is 3.31. The van der Waals surface area contributed by atoms with E-state index in [1.807, 2.05) is 13.0 Å². The predicted octanol–water partition coefficient (Wildman–Crippen LogP) is 3.84. The van der Waals surface area contributed by atoms with Crippen LogP contribution in [0.5, 0.6) is 0 Å². The van der Waals surface area contributed by atoms with Crippen molar-refractivity contribution in [3.05, 3.63) is 35.0 Å². The molecule has 0 spiro atoms. The van der Waals surface area contributed by atoms with Crippen molar-refractivity contribution in [2.24, 2.45) is 4.99 Å². The van der Waals surface area contributed by atoms with Crippen molar-refractivity contribution in [3.8, 4) is 6.07 Å². The average molecular weight is 394 g/mol. The van der Waals surface area contributed by atoms with Crippen molar-refractivity contribution in [2.45, 2.75) is 56.9 Å². The number of nitrogens with one attached hydrogen (secondary N) is 1. The summed E-state index contributed by atoms with van der Waals surface area (Å²) in [4.78, 5) is 11.8. The van der Waals surface area contributed by atoms with Crippen LogP contribution >= 0.6 is 0 Å². The Balaban J connectivity index is 1.50. The molecule has 2 saturated heterocycles. The summed E-state index contributed by atoms with van der Waals surface area (Å²) in [7, 11) is 1.75. The van der Waals surface area contributed by atoms with Gasteiger partial charge in [0.2, 0.25) is 0 Å². The van der Waals surface area contributed by atoms with Crippen LogP contribution in [0, 0.1) is 11.3 Å². The zero-order chi connectivity index (χ0) is 20.2. The number of aliphatic imine (C=N–C) groups is 1. The minimum Gasteiger partial charge on any atom is -0.378 e. The second kappa shape index (κ2) is 9.06. The highest BCUT2D eigenvalue weighted by Crippen LogP contribution is 2.41. The lowest BCUT2D eigenvalue weighted by Crippen LogP contribution is -2.51. The molecule has 0 unspecified atom stereocenters. The third kappa shape index (κ3) is 4.85. The van der Waals surface area contributed by atoms with Gasteiger partial charge < -0.3 is 10.1 Å². The number of rotatable bonds is 6. The van der Waals surface area contributed by atoms with Gasteiger partial charge in [-0.25, -0.2) is 4.98 Å². The Morgan fingerprint density at radius 3 is 2.59 bits per heavy atom. The summed E-state index contributed by atoms with van der Waals surface area (Å²) < 4.78 is 5.36. The van der Waals surface area contributed by atoms with Crippen molar-refractivity contribution < 1.29 is 4.74 Å². The molecule has 6 nitrogen and oxygen atoms in total. The fraction of sp³-hybridized carbons (Fsp3) is 0.609. The van der Waals surface area contributed by atoms with Crippen molar-refractivity contribution in [1.82, 2.24) is 9.88 Å². The molecule has 1 aromatic heterocycles. The van der Waals surface area contributed by atoms with Gasteiger partial charge in [0.25, 0.3) is 0 Å².